The summed E-state index contributed by atoms with van der Waals surface area (Å²) in [5.41, 5.74) is 4.14. The molecule has 4 aromatic rings. The van der Waals surface area contributed by atoms with Crippen LogP contribution in [0.2, 0.25) is 0 Å². The van der Waals surface area contributed by atoms with Gasteiger partial charge in [0.2, 0.25) is 0 Å². The Bertz CT molecular complexity index is 1640. The van der Waals surface area contributed by atoms with Crippen LogP contribution in [0.25, 0.3) is 11.1 Å². The molecule has 4 aliphatic carbocycles. The normalized spacial score (nSPS) is 36.4. The molecule has 4 aliphatic rings. The predicted octanol–water partition coefficient (Wildman–Crippen LogP) is 6.43. The SMILES string of the molecule is C[C@]12c3ccccc3[C@]3(c4ccccc4)[C@H]4[C@@]3(C)C(=O)[C@@H]1C(c1ccccc1)=C(c1ccccc1)[C@]42O. The molecule has 2 heteroatoms. The Morgan fingerprint density at radius 3 is 1.76 bits per heavy atom. The summed E-state index contributed by atoms with van der Waals surface area (Å²) < 4.78 is 0. The van der Waals surface area contributed by atoms with E-state index in [0.717, 1.165) is 33.4 Å². The van der Waals surface area contributed by atoms with Crippen molar-refractivity contribution in [3.05, 3.63) is 143 Å². The summed E-state index contributed by atoms with van der Waals surface area (Å²) in [4.78, 5) is 15.0. The molecule has 4 aromatic carbocycles. The molecule has 0 spiro atoms. The number of ketones is 1. The van der Waals surface area contributed by atoms with Crippen LogP contribution in [0.3, 0.4) is 0 Å². The number of aliphatic hydroxyl groups is 1. The minimum Gasteiger partial charge on any atom is -0.384 e. The molecule has 0 aliphatic heterocycles. The first-order valence-electron chi connectivity index (χ1n) is 13.2. The number of rotatable bonds is 3. The average Bonchev–Trinajstić information content (AvgIpc) is 3.51. The van der Waals surface area contributed by atoms with Crippen LogP contribution in [0.1, 0.15) is 41.7 Å². The van der Waals surface area contributed by atoms with Gasteiger partial charge in [-0.2, -0.15) is 0 Å². The van der Waals surface area contributed by atoms with E-state index in [-0.39, 0.29) is 11.7 Å². The molecular formula is C35H28O2. The Labute approximate surface area is 217 Å². The minimum absolute atomic E-state index is 0.255. The summed E-state index contributed by atoms with van der Waals surface area (Å²) in [6.07, 6.45) is 0. The quantitative estimate of drug-likeness (QED) is 0.367. The monoisotopic (exact) mass is 480 g/mol. The van der Waals surface area contributed by atoms with Gasteiger partial charge in [-0.3, -0.25) is 4.79 Å². The first-order valence-corrected chi connectivity index (χ1v) is 13.2. The van der Waals surface area contributed by atoms with Crippen molar-refractivity contribution < 1.29 is 9.90 Å². The zero-order chi connectivity index (χ0) is 25.2. The number of allylic oxidation sites excluding steroid dienone is 1. The van der Waals surface area contributed by atoms with E-state index in [9.17, 15) is 5.11 Å². The van der Waals surface area contributed by atoms with Crippen LogP contribution in [-0.4, -0.2) is 16.5 Å². The van der Waals surface area contributed by atoms with Gasteiger partial charge in [-0.15, -0.1) is 0 Å². The third-order valence-electron chi connectivity index (χ3n) is 10.5. The largest absolute Gasteiger partial charge is 0.384 e. The molecule has 2 nitrogen and oxygen atoms in total. The fourth-order valence-electron chi connectivity index (χ4n) is 9.25. The van der Waals surface area contributed by atoms with Crippen molar-refractivity contribution in [3.8, 4) is 0 Å². The van der Waals surface area contributed by atoms with Gasteiger partial charge in [0.1, 0.15) is 11.4 Å². The number of hydrogen-bond acceptors (Lipinski definition) is 2. The van der Waals surface area contributed by atoms with Crippen molar-refractivity contribution >= 4 is 16.9 Å². The second-order valence-electron chi connectivity index (χ2n) is 11.6. The molecule has 2 fully saturated rings. The smallest absolute Gasteiger partial charge is 0.148 e. The second-order valence-corrected chi connectivity index (χ2v) is 11.6. The molecule has 0 amide bonds. The van der Waals surface area contributed by atoms with Crippen LogP contribution in [-0.2, 0) is 15.6 Å². The maximum absolute atomic E-state index is 15.0. The number of carbonyl (C=O) groups excluding carboxylic acids is 1. The average molecular weight is 481 g/mol. The first kappa shape index (κ1) is 21.3. The summed E-state index contributed by atoms with van der Waals surface area (Å²) >= 11 is 0. The number of benzene rings is 4. The van der Waals surface area contributed by atoms with E-state index in [1.807, 2.05) is 42.5 Å². The highest BCUT2D eigenvalue weighted by Gasteiger charge is 2.95. The summed E-state index contributed by atoms with van der Waals surface area (Å²) in [5, 5.41) is 13.5. The highest BCUT2D eigenvalue weighted by molar-refractivity contribution is 6.17. The molecule has 1 N–H and O–H groups in total. The van der Waals surface area contributed by atoms with Crippen LogP contribution in [0, 0.1) is 17.3 Å². The lowest BCUT2D eigenvalue weighted by Crippen LogP contribution is -2.60. The van der Waals surface area contributed by atoms with Gasteiger partial charge < -0.3 is 5.11 Å². The highest BCUT2D eigenvalue weighted by atomic mass is 16.3. The van der Waals surface area contributed by atoms with Crippen LogP contribution < -0.4 is 0 Å². The van der Waals surface area contributed by atoms with E-state index in [1.165, 1.54) is 5.56 Å². The number of hydrogen-bond donors (Lipinski definition) is 1. The molecule has 180 valence electrons. The third-order valence-corrected chi connectivity index (χ3v) is 10.5. The van der Waals surface area contributed by atoms with Crippen LogP contribution >= 0.6 is 0 Å². The molecule has 6 atom stereocenters. The molecule has 0 unspecified atom stereocenters. The fraction of sp³-hybridized carbons (Fsp3) is 0.229. The van der Waals surface area contributed by atoms with E-state index in [1.54, 1.807) is 0 Å². The summed E-state index contributed by atoms with van der Waals surface area (Å²) in [6.45, 7) is 4.28. The lowest BCUT2D eigenvalue weighted by molar-refractivity contribution is -0.138. The maximum Gasteiger partial charge on any atom is 0.148 e. The Morgan fingerprint density at radius 2 is 1.14 bits per heavy atom. The predicted molar refractivity (Wildman–Crippen MR) is 146 cm³/mol. The lowest BCUT2D eigenvalue weighted by Gasteiger charge is -2.52. The Morgan fingerprint density at radius 1 is 0.622 bits per heavy atom. The van der Waals surface area contributed by atoms with Crippen LogP contribution in [0.15, 0.2) is 115 Å². The first-order chi connectivity index (χ1) is 17.9. The fourth-order valence-corrected chi connectivity index (χ4v) is 9.25. The van der Waals surface area contributed by atoms with E-state index in [2.05, 4.69) is 86.6 Å². The molecular weight excluding hydrogens is 452 g/mol. The summed E-state index contributed by atoms with van der Waals surface area (Å²) in [7, 11) is 0. The molecule has 37 heavy (non-hydrogen) atoms. The van der Waals surface area contributed by atoms with Gasteiger partial charge in [-0.25, -0.2) is 0 Å². The zero-order valence-corrected chi connectivity index (χ0v) is 21.0. The van der Waals surface area contributed by atoms with Crippen LogP contribution in [0.4, 0.5) is 0 Å². The van der Waals surface area contributed by atoms with Crippen molar-refractivity contribution in [3.63, 3.8) is 0 Å². The van der Waals surface area contributed by atoms with Gasteiger partial charge in [0.15, 0.2) is 0 Å². The summed E-state index contributed by atoms with van der Waals surface area (Å²) in [6, 6.07) is 39.5. The number of fused-ring (bicyclic) bond motifs is 3. The molecule has 0 saturated heterocycles. The van der Waals surface area contributed by atoms with Gasteiger partial charge in [0.25, 0.3) is 0 Å². The topological polar surface area (TPSA) is 37.3 Å². The van der Waals surface area contributed by atoms with Gasteiger partial charge in [0.05, 0.1) is 5.92 Å². The van der Waals surface area contributed by atoms with E-state index in [4.69, 9.17) is 0 Å². The van der Waals surface area contributed by atoms with E-state index >= 15 is 4.79 Å². The Kier molecular flexibility index (Phi) is 3.79. The van der Waals surface area contributed by atoms with Crippen molar-refractivity contribution in [1.82, 2.24) is 0 Å². The van der Waals surface area contributed by atoms with Gasteiger partial charge in [-0.1, -0.05) is 129 Å². The standard InChI is InChI=1S/C35H28O2/c1-32-25-20-12-13-21-26(25)34(24-18-10-5-11-19-24)31-33(34,2)30(36)29(32)27(22-14-6-3-7-15-22)28(35(31,32)37)23-16-8-4-9-17-23/h3-21,29,31,37H,1-2H3/t29-,31+,32-,33+,34+,35-/m0/s1. The maximum atomic E-state index is 15.0. The molecule has 2 saturated carbocycles. The molecule has 4 bridgehead atoms. The van der Waals surface area contributed by atoms with E-state index in [0.29, 0.717) is 0 Å². The van der Waals surface area contributed by atoms with Gasteiger partial charge >= 0.3 is 0 Å². The molecule has 8 rings (SSSR count). The Hall–Kier alpha value is -3.75. The second kappa shape index (κ2) is 6.57. The number of Topliss-reactive ketones (excluding diaryl/α,β-unsaturated/α-hetero) is 1. The Balaban J connectivity index is 1.56. The van der Waals surface area contributed by atoms with Crippen molar-refractivity contribution in [2.75, 3.05) is 0 Å². The minimum atomic E-state index is -1.21. The highest BCUT2D eigenvalue weighted by Crippen LogP contribution is 2.89. The van der Waals surface area contributed by atoms with Crippen molar-refractivity contribution in [1.29, 1.82) is 0 Å². The van der Waals surface area contributed by atoms with Gasteiger partial charge in [-0.05, 0) is 39.0 Å². The third kappa shape index (κ3) is 2.01. The lowest BCUT2D eigenvalue weighted by atomic mass is 9.52. The van der Waals surface area contributed by atoms with E-state index < -0.39 is 27.8 Å². The van der Waals surface area contributed by atoms with Crippen molar-refractivity contribution in [2.24, 2.45) is 17.3 Å². The molecule has 0 heterocycles. The van der Waals surface area contributed by atoms with Gasteiger partial charge in [0, 0.05) is 22.2 Å². The molecule has 0 radical (unpaired) electrons. The van der Waals surface area contributed by atoms with Crippen molar-refractivity contribution in [2.45, 2.75) is 30.3 Å². The number of carbonyl (C=O) groups is 1. The van der Waals surface area contributed by atoms with Crippen LogP contribution in [0.5, 0.6) is 0 Å². The zero-order valence-electron chi connectivity index (χ0n) is 21.0. The molecule has 0 aromatic heterocycles. The summed E-state index contributed by atoms with van der Waals surface area (Å²) in [5.74, 6) is -0.435.